The van der Waals surface area contributed by atoms with Crippen LogP contribution in [0.4, 0.5) is 11.4 Å². The maximum Gasteiger partial charge on any atom is 0.227 e. The Kier molecular flexibility index (Phi) is 6.01. The lowest BCUT2D eigenvalue weighted by Crippen LogP contribution is -2.45. The van der Waals surface area contributed by atoms with Gasteiger partial charge in [0.15, 0.2) is 0 Å². The van der Waals surface area contributed by atoms with Crippen molar-refractivity contribution in [3.8, 4) is 5.75 Å². The van der Waals surface area contributed by atoms with Gasteiger partial charge in [0.05, 0.1) is 30.4 Å². The van der Waals surface area contributed by atoms with Gasteiger partial charge in [-0.2, -0.15) is 0 Å². The first kappa shape index (κ1) is 22.1. The Bertz CT molecular complexity index is 1230. The van der Waals surface area contributed by atoms with Crippen molar-refractivity contribution < 1.29 is 14.3 Å². The molecule has 3 atom stereocenters. The predicted octanol–water partition coefficient (Wildman–Crippen LogP) is 6.03. The van der Waals surface area contributed by atoms with Gasteiger partial charge >= 0.3 is 0 Å². The van der Waals surface area contributed by atoms with E-state index >= 15 is 0 Å². The second-order valence-corrected chi connectivity index (χ2v) is 8.89. The highest BCUT2D eigenvalue weighted by Crippen LogP contribution is 2.47. The molecule has 5 heteroatoms. The largest absolute Gasteiger partial charge is 0.497 e. The third-order valence-corrected chi connectivity index (χ3v) is 6.91. The minimum atomic E-state index is -0.490. The molecule has 3 aromatic rings. The molecule has 1 amide bonds. The van der Waals surface area contributed by atoms with Crippen molar-refractivity contribution in [2.24, 2.45) is 10.9 Å². The molecule has 0 saturated heterocycles. The highest BCUT2D eigenvalue weighted by Gasteiger charge is 2.45. The van der Waals surface area contributed by atoms with Gasteiger partial charge in [-0.05, 0) is 47.7 Å². The van der Waals surface area contributed by atoms with Crippen LogP contribution < -0.4 is 9.64 Å². The molecular formula is C29H28N2O3. The van der Waals surface area contributed by atoms with Gasteiger partial charge in [-0.25, -0.2) is 0 Å². The van der Waals surface area contributed by atoms with Crippen molar-refractivity contribution >= 4 is 28.8 Å². The Hall–Kier alpha value is -3.73. The lowest BCUT2D eigenvalue weighted by Gasteiger charge is -2.39. The van der Waals surface area contributed by atoms with Gasteiger partial charge in [0, 0.05) is 18.6 Å². The summed E-state index contributed by atoms with van der Waals surface area (Å²) < 4.78 is 5.35. The zero-order chi connectivity index (χ0) is 23.7. The molecule has 5 rings (SSSR count). The van der Waals surface area contributed by atoms with E-state index in [4.69, 9.17) is 9.73 Å². The first-order valence-electron chi connectivity index (χ1n) is 11.8. The molecule has 0 radical (unpaired) electrons. The lowest BCUT2D eigenvalue weighted by atomic mass is 9.72. The second kappa shape index (κ2) is 9.26. The van der Waals surface area contributed by atoms with Crippen molar-refractivity contribution in [3.05, 3.63) is 90.0 Å². The van der Waals surface area contributed by atoms with E-state index in [0.29, 0.717) is 19.3 Å². The number of nitrogens with zero attached hydrogens (tertiary/aromatic N) is 2. The zero-order valence-corrected chi connectivity index (χ0v) is 19.5. The minimum Gasteiger partial charge on any atom is -0.497 e. The zero-order valence-electron chi connectivity index (χ0n) is 19.5. The molecule has 1 heterocycles. The van der Waals surface area contributed by atoms with Crippen molar-refractivity contribution in [2.75, 3.05) is 12.0 Å². The van der Waals surface area contributed by atoms with Crippen molar-refractivity contribution in [3.63, 3.8) is 0 Å². The molecule has 3 unspecified atom stereocenters. The molecule has 1 fully saturated rings. The normalized spacial score (nSPS) is 21.7. The molecule has 0 bridgehead atoms. The fourth-order valence-corrected chi connectivity index (χ4v) is 5.26. The van der Waals surface area contributed by atoms with Crippen LogP contribution in [0.15, 0.2) is 83.9 Å². The van der Waals surface area contributed by atoms with Crippen LogP contribution >= 0.6 is 0 Å². The summed E-state index contributed by atoms with van der Waals surface area (Å²) >= 11 is 0. The second-order valence-electron chi connectivity index (χ2n) is 8.89. The summed E-state index contributed by atoms with van der Waals surface area (Å²) in [5, 5.41) is 0. The number of aliphatic imine (C=N–C) groups is 1. The molecule has 172 valence electrons. The van der Waals surface area contributed by atoms with Gasteiger partial charge in [0.25, 0.3) is 0 Å². The molecule has 0 N–H and O–H groups in total. The van der Waals surface area contributed by atoms with Crippen LogP contribution in [0.3, 0.4) is 0 Å². The fourth-order valence-electron chi connectivity index (χ4n) is 5.26. The maximum absolute atomic E-state index is 13.8. The quantitative estimate of drug-likeness (QED) is 0.486. The highest BCUT2D eigenvalue weighted by atomic mass is 16.5. The van der Waals surface area contributed by atoms with E-state index in [1.807, 2.05) is 73.7 Å². The van der Waals surface area contributed by atoms with E-state index < -0.39 is 12.0 Å². The monoisotopic (exact) mass is 452 g/mol. The number of fused-ring (bicyclic) bond motifs is 2. The standard InChI is InChI=1S/C29H28N2O3/c1-3-27(33)31-25-12-8-7-11-23(25)30-24-17-21(19-9-5-4-6-10-19)18-26(32)28(24)29(31)20-13-15-22(34-2)16-14-20/h4-16,21,28-29H,3,17-18H2,1-2H3. The van der Waals surface area contributed by atoms with E-state index in [-0.39, 0.29) is 17.6 Å². The number of benzene rings is 3. The summed E-state index contributed by atoms with van der Waals surface area (Å²) in [6.07, 6.45) is 1.46. The number of carbonyl (C=O) groups is 2. The summed E-state index contributed by atoms with van der Waals surface area (Å²) in [4.78, 5) is 34.1. The molecule has 0 spiro atoms. The third kappa shape index (κ3) is 3.92. The van der Waals surface area contributed by atoms with Crippen molar-refractivity contribution in [1.82, 2.24) is 0 Å². The number of ketones is 1. The number of carbonyl (C=O) groups excluding carboxylic acids is 2. The third-order valence-electron chi connectivity index (χ3n) is 6.91. The number of amides is 1. The van der Waals surface area contributed by atoms with Crippen LogP contribution in [0, 0.1) is 5.92 Å². The Labute approximate surface area is 200 Å². The van der Waals surface area contributed by atoms with Gasteiger partial charge in [0.2, 0.25) is 5.91 Å². The molecule has 0 aromatic heterocycles. The van der Waals surface area contributed by atoms with Gasteiger partial charge in [0.1, 0.15) is 11.5 Å². The Morgan fingerprint density at radius 1 is 0.941 bits per heavy atom. The van der Waals surface area contributed by atoms with Crippen LogP contribution in [-0.4, -0.2) is 24.5 Å². The van der Waals surface area contributed by atoms with E-state index in [1.165, 1.54) is 0 Å². The van der Waals surface area contributed by atoms with Crippen molar-refractivity contribution in [2.45, 2.75) is 38.1 Å². The smallest absolute Gasteiger partial charge is 0.227 e. The summed E-state index contributed by atoms with van der Waals surface area (Å²) in [5.41, 5.74) is 4.40. The number of para-hydroxylation sites is 2. The number of methoxy groups -OCH3 is 1. The number of hydrogen-bond donors (Lipinski definition) is 0. The summed E-state index contributed by atoms with van der Waals surface area (Å²) in [5.74, 6) is 0.431. The molecule has 2 aliphatic rings. The number of Topliss-reactive ketones (excluding diaryl/α,β-unsaturated/α-hetero) is 1. The molecule has 1 aliphatic carbocycles. The van der Waals surface area contributed by atoms with E-state index in [1.54, 1.807) is 12.0 Å². The topological polar surface area (TPSA) is 59.0 Å². The van der Waals surface area contributed by atoms with Gasteiger partial charge in [-0.1, -0.05) is 61.5 Å². The van der Waals surface area contributed by atoms with Gasteiger partial charge < -0.3 is 9.64 Å². The average molecular weight is 453 g/mol. The first-order valence-corrected chi connectivity index (χ1v) is 11.8. The van der Waals surface area contributed by atoms with E-state index in [9.17, 15) is 9.59 Å². The van der Waals surface area contributed by atoms with E-state index in [0.717, 1.165) is 34.0 Å². The average Bonchev–Trinajstić information content (AvgIpc) is 3.03. The molecule has 1 saturated carbocycles. The number of ether oxygens (including phenoxy) is 1. The van der Waals surface area contributed by atoms with E-state index in [2.05, 4.69) is 12.1 Å². The minimum absolute atomic E-state index is 0.0253. The molecular weight excluding hydrogens is 424 g/mol. The maximum atomic E-state index is 13.8. The summed E-state index contributed by atoms with van der Waals surface area (Å²) in [7, 11) is 1.63. The van der Waals surface area contributed by atoms with Crippen LogP contribution in [0.5, 0.6) is 5.75 Å². The molecule has 1 aliphatic heterocycles. The Morgan fingerprint density at radius 2 is 1.65 bits per heavy atom. The Morgan fingerprint density at radius 3 is 2.35 bits per heavy atom. The number of anilines is 1. The molecule has 34 heavy (non-hydrogen) atoms. The van der Waals surface area contributed by atoms with Crippen LogP contribution in [0.25, 0.3) is 0 Å². The number of hydrogen-bond acceptors (Lipinski definition) is 4. The van der Waals surface area contributed by atoms with Crippen LogP contribution in [0.2, 0.25) is 0 Å². The molecule has 3 aromatic carbocycles. The Balaban J connectivity index is 1.67. The lowest BCUT2D eigenvalue weighted by molar-refractivity contribution is -0.123. The van der Waals surface area contributed by atoms with Gasteiger partial charge in [-0.15, -0.1) is 0 Å². The van der Waals surface area contributed by atoms with Crippen molar-refractivity contribution in [1.29, 1.82) is 0 Å². The summed E-state index contributed by atoms with van der Waals surface area (Å²) in [6, 6.07) is 25.1. The van der Waals surface area contributed by atoms with Crippen LogP contribution in [0.1, 0.15) is 49.3 Å². The first-order chi connectivity index (χ1) is 16.6. The van der Waals surface area contributed by atoms with Gasteiger partial charge in [-0.3, -0.25) is 14.6 Å². The SMILES string of the molecule is CCC(=O)N1c2ccccc2N=C2CC(c3ccccc3)CC(=O)C2C1c1ccc(OC)cc1. The fraction of sp³-hybridized carbons (Fsp3) is 0.276. The highest BCUT2D eigenvalue weighted by molar-refractivity contribution is 6.13. The molecule has 5 nitrogen and oxygen atoms in total. The predicted molar refractivity (Wildman–Crippen MR) is 134 cm³/mol. The number of rotatable bonds is 4. The summed E-state index contributed by atoms with van der Waals surface area (Å²) in [6.45, 7) is 1.86. The van der Waals surface area contributed by atoms with Crippen LogP contribution in [-0.2, 0) is 9.59 Å².